The van der Waals surface area contributed by atoms with E-state index in [0.717, 1.165) is 17.0 Å². The zero-order chi connectivity index (χ0) is 14.7. The van der Waals surface area contributed by atoms with E-state index in [1.165, 1.54) is 0 Å². The third kappa shape index (κ3) is 3.14. The van der Waals surface area contributed by atoms with Crippen molar-refractivity contribution < 1.29 is 9.18 Å². The van der Waals surface area contributed by atoms with Crippen LogP contribution in [0.4, 0.5) is 4.39 Å². The fourth-order valence-electron chi connectivity index (χ4n) is 2.57. The van der Waals surface area contributed by atoms with Crippen LogP contribution in [0.5, 0.6) is 0 Å². The number of piperazine rings is 1. The standard InChI is InChI=1S/C14H17FN4OS/c15-3-5-19-10-11(8-17-19)9-18-6-4-16-14(20)13(18)12-2-1-7-21-12/h1-2,7-8,10,13H,3-6,9H2,(H,16,20). The number of amides is 1. The Kier molecular flexibility index (Phi) is 4.31. The molecule has 0 bridgehead atoms. The fourth-order valence-corrected chi connectivity index (χ4v) is 3.43. The molecule has 1 saturated heterocycles. The van der Waals surface area contributed by atoms with Gasteiger partial charge in [-0.15, -0.1) is 11.3 Å². The summed E-state index contributed by atoms with van der Waals surface area (Å²) in [6, 6.07) is 3.70. The number of rotatable bonds is 5. The largest absolute Gasteiger partial charge is 0.353 e. The summed E-state index contributed by atoms with van der Waals surface area (Å²) in [5.41, 5.74) is 1.000. The van der Waals surface area contributed by atoms with Gasteiger partial charge in [-0.1, -0.05) is 6.07 Å². The Balaban J connectivity index is 1.76. The van der Waals surface area contributed by atoms with Crippen LogP contribution in [0.15, 0.2) is 29.9 Å². The second kappa shape index (κ2) is 6.36. The summed E-state index contributed by atoms with van der Waals surface area (Å²) in [6.45, 7) is 1.93. The van der Waals surface area contributed by atoms with Gasteiger partial charge in [0.15, 0.2) is 0 Å². The topological polar surface area (TPSA) is 50.2 Å². The van der Waals surface area contributed by atoms with Gasteiger partial charge in [0.1, 0.15) is 12.7 Å². The number of aryl methyl sites for hydroxylation is 1. The van der Waals surface area contributed by atoms with Crippen molar-refractivity contribution in [3.63, 3.8) is 0 Å². The first-order valence-electron chi connectivity index (χ1n) is 6.90. The Hall–Kier alpha value is -1.73. The van der Waals surface area contributed by atoms with Crippen LogP contribution in [0, 0.1) is 0 Å². The number of halogens is 1. The highest BCUT2D eigenvalue weighted by atomic mass is 32.1. The van der Waals surface area contributed by atoms with E-state index < -0.39 is 6.67 Å². The molecule has 1 atom stereocenters. The molecule has 2 aromatic heterocycles. The Morgan fingerprint density at radius 3 is 3.19 bits per heavy atom. The number of nitrogens with zero attached hydrogens (tertiary/aromatic N) is 3. The average Bonchev–Trinajstić information content (AvgIpc) is 3.11. The van der Waals surface area contributed by atoms with Crippen molar-refractivity contribution in [2.24, 2.45) is 0 Å². The van der Waals surface area contributed by atoms with E-state index in [9.17, 15) is 9.18 Å². The van der Waals surface area contributed by atoms with Gasteiger partial charge in [-0.25, -0.2) is 4.39 Å². The minimum absolute atomic E-state index is 0.0415. The maximum atomic E-state index is 12.3. The molecule has 3 rings (SSSR count). The molecule has 5 nitrogen and oxygen atoms in total. The number of alkyl halides is 1. The van der Waals surface area contributed by atoms with Crippen molar-refractivity contribution in [3.05, 3.63) is 40.3 Å². The summed E-state index contributed by atoms with van der Waals surface area (Å²) >= 11 is 1.59. The molecule has 1 N–H and O–H groups in total. The van der Waals surface area contributed by atoms with Crippen LogP contribution in [0.2, 0.25) is 0 Å². The average molecular weight is 308 g/mol. The van der Waals surface area contributed by atoms with Crippen molar-refractivity contribution >= 4 is 17.2 Å². The van der Waals surface area contributed by atoms with E-state index >= 15 is 0 Å². The molecular weight excluding hydrogens is 291 g/mol. The number of aromatic nitrogens is 2. The predicted molar refractivity (Wildman–Crippen MR) is 78.7 cm³/mol. The lowest BCUT2D eigenvalue weighted by atomic mass is 10.1. The third-order valence-electron chi connectivity index (χ3n) is 3.51. The number of carbonyl (C=O) groups is 1. The SMILES string of the molecule is O=C1NCCN(Cc2cnn(CCF)c2)C1c1cccs1. The molecule has 0 aliphatic carbocycles. The fraction of sp³-hybridized carbons (Fsp3) is 0.429. The predicted octanol–water partition coefficient (Wildman–Crippen LogP) is 1.59. The first-order chi connectivity index (χ1) is 10.3. The van der Waals surface area contributed by atoms with Crippen LogP contribution in [0.1, 0.15) is 16.5 Å². The van der Waals surface area contributed by atoms with Crippen LogP contribution in [-0.2, 0) is 17.9 Å². The van der Waals surface area contributed by atoms with Crippen molar-refractivity contribution in [1.29, 1.82) is 0 Å². The second-order valence-electron chi connectivity index (χ2n) is 4.98. The van der Waals surface area contributed by atoms with E-state index in [0.29, 0.717) is 13.1 Å². The second-order valence-corrected chi connectivity index (χ2v) is 5.96. The summed E-state index contributed by atoms with van der Waals surface area (Å²) in [7, 11) is 0. The smallest absolute Gasteiger partial charge is 0.242 e. The molecule has 7 heteroatoms. The van der Waals surface area contributed by atoms with Crippen molar-refractivity contribution in [3.8, 4) is 0 Å². The lowest BCUT2D eigenvalue weighted by Crippen LogP contribution is -2.49. The highest BCUT2D eigenvalue weighted by molar-refractivity contribution is 7.10. The van der Waals surface area contributed by atoms with Gasteiger partial charge >= 0.3 is 0 Å². The molecule has 0 saturated carbocycles. The Morgan fingerprint density at radius 2 is 2.43 bits per heavy atom. The molecule has 2 aromatic rings. The molecule has 1 unspecified atom stereocenters. The summed E-state index contributed by atoms with van der Waals surface area (Å²) in [6.07, 6.45) is 3.59. The molecule has 1 amide bonds. The highest BCUT2D eigenvalue weighted by Crippen LogP contribution is 2.28. The van der Waals surface area contributed by atoms with Crippen LogP contribution < -0.4 is 5.32 Å². The van der Waals surface area contributed by atoms with Crippen molar-refractivity contribution in [1.82, 2.24) is 20.0 Å². The van der Waals surface area contributed by atoms with Gasteiger partial charge < -0.3 is 5.32 Å². The maximum absolute atomic E-state index is 12.3. The van der Waals surface area contributed by atoms with Gasteiger partial charge in [0.25, 0.3) is 0 Å². The molecule has 0 aromatic carbocycles. The molecule has 112 valence electrons. The summed E-state index contributed by atoms with van der Waals surface area (Å²) < 4.78 is 13.9. The normalized spacial score (nSPS) is 19.7. The lowest BCUT2D eigenvalue weighted by molar-refractivity contribution is -0.129. The molecular formula is C14H17FN4OS. The van der Waals surface area contributed by atoms with E-state index in [-0.39, 0.29) is 18.5 Å². The van der Waals surface area contributed by atoms with Crippen LogP contribution in [-0.4, -0.2) is 40.4 Å². The van der Waals surface area contributed by atoms with E-state index in [4.69, 9.17) is 0 Å². The minimum Gasteiger partial charge on any atom is -0.353 e. The van der Waals surface area contributed by atoms with Gasteiger partial charge in [-0.2, -0.15) is 5.10 Å². The maximum Gasteiger partial charge on any atom is 0.242 e. The monoisotopic (exact) mass is 308 g/mol. The number of hydrogen-bond donors (Lipinski definition) is 1. The van der Waals surface area contributed by atoms with Gasteiger partial charge in [0, 0.05) is 36.3 Å². The van der Waals surface area contributed by atoms with Gasteiger partial charge in [0.05, 0.1) is 12.7 Å². The molecule has 0 spiro atoms. The van der Waals surface area contributed by atoms with Crippen molar-refractivity contribution in [2.45, 2.75) is 19.1 Å². The highest BCUT2D eigenvalue weighted by Gasteiger charge is 2.31. The minimum atomic E-state index is -0.426. The van der Waals surface area contributed by atoms with E-state index in [1.807, 2.05) is 23.7 Å². The molecule has 1 aliphatic rings. The zero-order valence-electron chi connectivity index (χ0n) is 11.5. The molecule has 3 heterocycles. The Labute approximate surface area is 126 Å². The van der Waals surface area contributed by atoms with Crippen LogP contribution >= 0.6 is 11.3 Å². The van der Waals surface area contributed by atoms with Gasteiger partial charge in [-0.3, -0.25) is 14.4 Å². The summed E-state index contributed by atoms with van der Waals surface area (Å²) in [4.78, 5) is 15.4. The van der Waals surface area contributed by atoms with E-state index in [1.54, 1.807) is 22.2 Å². The number of carbonyl (C=O) groups excluding carboxylic acids is 1. The molecule has 21 heavy (non-hydrogen) atoms. The molecule has 1 aliphatic heterocycles. The first kappa shape index (κ1) is 14.2. The van der Waals surface area contributed by atoms with Gasteiger partial charge in [0.2, 0.25) is 5.91 Å². The van der Waals surface area contributed by atoms with E-state index in [2.05, 4.69) is 15.3 Å². The van der Waals surface area contributed by atoms with Gasteiger partial charge in [-0.05, 0) is 11.4 Å². The third-order valence-corrected chi connectivity index (χ3v) is 4.44. The summed E-state index contributed by atoms with van der Waals surface area (Å²) in [5.74, 6) is 0.0415. The number of thiophene rings is 1. The van der Waals surface area contributed by atoms with Crippen molar-refractivity contribution in [2.75, 3.05) is 19.8 Å². The quantitative estimate of drug-likeness (QED) is 0.912. The van der Waals surface area contributed by atoms with Crippen LogP contribution in [0.3, 0.4) is 0 Å². The Bertz CT molecular complexity index is 598. The number of nitrogens with one attached hydrogen (secondary N) is 1. The molecule has 0 radical (unpaired) electrons. The molecule has 1 fully saturated rings. The number of hydrogen-bond acceptors (Lipinski definition) is 4. The zero-order valence-corrected chi connectivity index (χ0v) is 12.4. The summed E-state index contributed by atoms with van der Waals surface area (Å²) in [5, 5.41) is 9.03. The Morgan fingerprint density at radius 1 is 1.52 bits per heavy atom. The van der Waals surface area contributed by atoms with Crippen LogP contribution in [0.25, 0.3) is 0 Å². The first-order valence-corrected chi connectivity index (χ1v) is 7.78. The lowest BCUT2D eigenvalue weighted by Gasteiger charge is -2.34.